The molecule has 0 bridgehead atoms. The van der Waals surface area contributed by atoms with Gasteiger partial charge in [0.1, 0.15) is 5.78 Å². The number of hydrogen-bond acceptors (Lipinski definition) is 2. The molecule has 0 amide bonds. The van der Waals surface area contributed by atoms with Gasteiger partial charge in [0.25, 0.3) is 0 Å². The quantitative estimate of drug-likeness (QED) is 0.408. The molecule has 0 aromatic heterocycles. The molecule has 0 aromatic rings. The zero-order valence-electron chi connectivity index (χ0n) is 17.0. The number of hydrogen-bond donors (Lipinski definition) is 0. The summed E-state index contributed by atoms with van der Waals surface area (Å²) in [5.74, 6) is 1.37. The van der Waals surface area contributed by atoms with Gasteiger partial charge in [0.2, 0.25) is 0 Å². The molecule has 3 atom stereocenters. The van der Waals surface area contributed by atoms with Crippen molar-refractivity contribution in [2.45, 2.75) is 97.9 Å². The molecule has 0 spiro atoms. The normalized spacial score (nSPS) is 29.4. The van der Waals surface area contributed by atoms with E-state index in [2.05, 4.69) is 53.4 Å². The number of rotatable bonds is 7. The van der Waals surface area contributed by atoms with Crippen LogP contribution < -0.4 is 0 Å². The third-order valence-electron chi connectivity index (χ3n) is 6.04. The molecule has 0 saturated heterocycles. The molecule has 2 rings (SSSR count). The fourth-order valence-corrected chi connectivity index (χ4v) is 6.94. The standard InChI is InChI=1S/C21H38O2Si/c1-16(10-8-14-20(2,3)23-24(5,6)7)17-12-13-18-19(22)11-9-15-21(17,18)4/h12,16,18H,8-11,13-15H2,1-7H3/t16-,18+,21-/m1/s1. The van der Waals surface area contributed by atoms with Crippen LogP contribution in [0.3, 0.4) is 0 Å². The van der Waals surface area contributed by atoms with Gasteiger partial charge < -0.3 is 4.43 Å². The Bertz CT molecular complexity index is 500. The summed E-state index contributed by atoms with van der Waals surface area (Å²) in [4.78, 5) is 12.3. The van der Waals surface area contributed by atoms with E-state index in [1.54, 1.807) is 5.57 Å². The summed E-state index contributed by atoms with van der Waals surface area (Å²) in [6.07, 6.45) is 10.00. The molecule has 0 heterocycles. The topological polar surface area (TPSA) is 26.3 Å². The van der Waals surface area contributed by atoms with E-state index in [0.29, 0.717) is 11.7 Å². The van der Waals surface area contributed by atoms with E-state index in [1.807, 2.05) is 0 Å². The maximum Gasteiger partial charge on any atom is 0.184 e. The highest BCUT2D eigenvalue weighted by atomic mass is 28.4. The Kier molecular flexibility index (Phi) is 5.86. The summed E-state index contributed by atoms with van der Waals surface area (Å²) in [7, 11) is -1.49. The van der Waals surface area contributed by atoms with E-state index in [9.17, 15) is 4.79 Å². The first-order valence-electron chi connectivity index (χ1n) is 9.88. The summed E-state index contributed by atoms with van der Waals surface area (Å²) in [6, 6.07) is 0. The molecule has 0 N–H and O–H groups in total. The SMILES string of the molecule is C[C@H](CCCC(C)(C)O[Si](C)(C)C)C1=CC[C@H]2C(=O)CCC[C@]12C. The highest BCUT2D eigenvalue weighted by Crippen LogP contribution is 2.53. The lowest BCUT2D eigenvalue weighted by Crippen LogP contribution is -2.38. The van der Waals surface area contributed by atoms with Gasteiger partial charge in [-0.15, -0.1) is 0 Å². The Labute approximate surface area is 150 Å². The average Bonchev–Trinajstić information content (AvgIpc) is 2.74. The minimum atomic E-state index is -1.49. The van der Waals surface area contributed by atoms with Crippen LogP contribution in [-0.2, 0) is 9.22 Å². The van der Waals surface area contributed by atoms with Crippen LogP contribution in [0.15, 0.2) is 11.6 Å². The molecule has 138 valence electrons. The fraction of sp³-hybridized carbons (Fsp3) is 0.857. The van der Waals surface area contributed by atoms with E-state index >= 15 is 0 Å². The predicted octanol–water partition coefficient (Wildman–Crippen LogP) is 6.13. The molecule has 0 unspecified atom stereocenters. The summed E-state index contributed by atoms with van der Waals surface area (Å²) in [5.41, 5.74) is 1.71. The monoisotopic (exact) mass is 350 g/mol. The second-order valence-electron chi connectivity index (χ2n) is 9.95. The second kappa shape index (κ2) is 7.07. The van der Waals surface area contributed by atoms with Crippen LogP contribution in [0.2, 0.25) is 19.6 Å². The van der Waals surface area contributed by atoms with Gasteiger partial charge >= 0.3 is 0 Å². The predicted molar refractivity (Wildman–Crippen MR) is 105 cm³/mol. The lowest BCUT2D eigenvalue weighted by atomic mass is 9.63. The van der Waals surface area contributed by atoms with Gasteiger partial charge in [0, 0.05) is 12.3 Å². The number of allylic oxidation sites excluding steroid dienone is 2. The van der Waals surface area contributed by atoms with Gasteiger partial charge in [-0.05, 0) is 76.9 Å². The Morgan fingerprint density at radius 2 is 2.04 bits per heavy atom. The molecule has 24 heavy (non-hydrogen) atoms. The van der Waals surface area contributed by atoms with Crippen LogP contribution in [-0.4, -0.2) is 19.7 Å². The minimum Gasteiger partial charge on any atom is -0.413 e. The van der Waals surface area contributed by atoms with Crippen molar-refractivity contribution in [1.29, 1.82) is 0 Å². The van der Waals surface area contributed by atoms with Gasteiger partial charge in [0.05, 0.1) is 5.60 Å². The summed E-state index contributed by atoms with van der Waals surface area (Å²) < 4.78 is 6.33. The Hall–Kier alpha value is -0.413. The van der Waals surface area contributed by atoms with Gasteiger partial charge in [-0.1, -0.05) is 31.9 Å². The summed E-state index contributed by atoms with van der Waals surface area (Å²) in [6.45, 7) is 16.0. The van der Waals surface area contributed by atoms with Crippen LogP contribution in [0.5, 0.6) is 0 Å². The third-order valence-corrected chi connectivity index (χ3v) is 7.20. The Balaban J connectivity index is 1.89. The highest BCUT2D eigenvalue weighted by Gasteiger charge is 2.47. The van der Waals surface area contributed by atoms with Crippen molar-refractivity contribution in [1.82, 2.24) is 0 Å². The van der Waals surface area contributed by atoms with Crippen LogP contribution in [0.25, 0.3) is 0 Å². The molecule has 3 heteroatoms. The molecule has 1 fully saturated rings. The van der Waals surface area contributed by atoms with E-state index in [0.717, 1.165) is 25.7 Å². The van der Waals surface area contributed by atoms with Gasteiger partial charge in [-0.25, -0.2) is 0 Å². The fourth-order valence-electron chi connectivity index (χ4n) is 5.18. The Morgan fingerprint density at radius 3 is 2.67 bits per heavy atom. The number of Topliss-reactive ketones (excluding diaryl/α,β-unsaturated/α-hetero) is 1. The van der Waals surface area contributed by atoms with Crippen molar-refractivity contribution in [3.05, 3.63) is 11.6 Å². The van der Waals surface area contributed by atoms with Crippen molar-refractivity contribution in [3.63, 3.8) is 0 Å². The molecule has 2 aliphatic carbocycles. The van der Waals surface area contributed by atoms with Gasteiger partial charge in [-0.3, -0.25) is 4.79 Å². The van der Waals surface area contributed by atoms with Crippen molar-refractivity contribution < 1.29 is 9.22 Å². The van der Waals surface area contributed by atoms with Gasteiger partial charge in [0.15, 0.2) is 8.32 Å². The first-order chi connectivity index (χ1) is 10.9. The second-order valence-corrected chi connectivity index (χ2v) is 14.4. The molecule has 0 aromatic carbocycles. The molecule has 0 aliphatic heterocycles. The largest absolute Gasteiger partial charge is 0.413 e. The average molecular weight is 351 g/mol. The number of carbonyl (C=O) groups is 1. The van der Waals surface area contributed by atoms with Crippen LogP contribution >= 0.6 is 0 Å². The van der Waals surface area contributed by atoms with Crippen molar-refractivity contribution in [2.24, 2.45) is 17.3 Å². The molecule has 1 saturated carbocycles. The van der Waals surface area contributed by atoms with E-state index in [1.165, 1.54) is 19.3 Å². The maximum absolute atomic E-state index is 12.3. The summed E-state index contributed by atoms with van der Waals surface area (Å²) in [5, 5.41) is 0. The molecule has 2 nitrogen and oxygen atoms in total. The zero-order valence-corrected chi connectivity index (χ0v) is 18.0. The lowest BCUT2D eigenvalue weighted by Gasteiger charge is -2.40. The highest BCUT2D eigenvalue weighted by molar-refractivity contribution is 6.69. The molecule has 0 radical (unpaired) electrons. The first kappa shape index (κ1) is 19.9. The van der Waals surface area contributed by atoms with Crippen LogP contribution in [0.4, 0.5) is 0 Å². The van der Waals surface area contributed by atoms with Crippen molar-refractivity contribution in [2.75, 3.05) is 0 Å². The molecular weight excluding hydrogens is 312 g/mol. The smallest absolute Gasteiger partial charge is 0.184 e. The van der Waals surface area contributed by atoms with Crippen molar-refractivity contribution in [3.8, 4) is 0 Å². The van der Waals surface area contributed by atoms with E-state index in [-0.39, 0.29) is 16.9 Å². The maximum atomic E-state index is 12.3. The summed E-state index contributed by atoms with van der Waals surface area (Å²) >= 11 is 0. The van der Waals surface area contributed by atoms with Crippen LogP contribution in [0.1, 0.15) is 72.6 Å². The number of carbonyl (C=O) groups excluding carboxylic acids is 1. The van der Waals surface area contributed by atoms with Crippen LogP contribution in [0, 0.1) is 17.3 Å². The van der Waals surface area contributed by atoms with Gasteiger partial charge in [-0.2, -0.15) is 0 Å². The zero-order chi connectivity index (χ0) is 18.2. The molecular formula is C21H38O2Si. The number of ketones is 1. The third kappa shape index (κ3) is 4.60. The first-order valence-corrected chi connectivity index (χ1v) is 13.3. The Morgan fingerprint density at radius 1 is 1.38 bits per heavy atom. The van der Waals surface area contributed by atoms with E-state index in [4.69, 9.17) is 4.43 Å². The minimum absolute atomic E-state index is 0.0124. The molecule has 2 aliphatic rings. The lowest BCUT2D eigenvalue weighted by molar-refractivity contribution is -0.128. The number of fused-ring (bicyclic) bond motifs is 1. The van der Waals surface area contributed by atoms with E-state index < -0.39 is 8.32 Å². The van der Waals surface area contributed by atoms with Crippen molar-refractivity contribution >= 4 is 14.1 Å².